The first-order valence-electron chi connectivity index (χ1n) is 9.30. The van der Waals surface area contributed by atoms with Crippen LogP contribution >= 0.6 is 11.8 Å². The van der Waals surface area contributed by atoms with Crippen molar-refractivity contribution in [2.45, 2.75) is 38.5 Å². The molecule has 2 rings (SSSR count). The largest absolute Gasteiger partial charge is 0.507 e. The van der Waals surface area contributed by atoms with E-state index in [4.69, 9.17) is 9.47 Å². The van der Waals surface area contributed by atoms with Gasteiger partial charge in [0.05, 0.1) is 12.7 Å². The lowest BCUT2D eigenvalue weighted by Gasteiger charge is -2.15. The van der Waals surface area contributed by atoms with Gasteiger partial charge in [-0.1, -0.05) is 19.9 Å². The number of hydrogen-bond acceptors (Lipinski definition) is 5. The van der Waals surface area contributed by atoms with Crippen molar-refractivity contribution in [1.82, 2.24) is 0 Å². The van der Waals surface area contributed by atoms with Gasteiger partial charge in [-0.25, -0.2) is 0 Å². The second-order valence-electron chi connectivity index (χ2n) is 6.70. The maximum Gasteiger partial charge on any atom is 0.163 e. The van der Waals surface area contributed by atoms with E-state index in [9.17, 15) is 9.90 Å². The number of phenolic OH excluding ortho intramolecular Hbond substituents is 1. The summed E-state index contributed by atoms with van der Waals surface area (Å²) >= 11 is 1.69. The Kier molecular flexibility index (Phi) is 8.00. The number of phenols is 1. The molecule has 0 unspecified atom stereocenters. The smallest absolute Gasteiger partial charge is 0.163 e. The van der Waals surface area contributed by atoms with Gasteiger partial charge in [-0.2, -0.15) is 0 Å². The molecule has 0 spiro atoms. The lowest BCUT2D eigenvalue weighted by atomic mass is 10.0. The van der Waals surface area contributed by atoms with E-state index in [1.807, 2.05) is 26.0 Å². The highest BCUT2D eigenvalue weighted by Crippen LogP contribution is 2.33. The molecule has 1 N–H and O–H groups in total. The average Bonchev–Trinajstić information content (AvgIpc) is 2.66. The molecule has 2 aromatic rings. The van der Waals surface area contributed by atoms with E-state index < -0.39 is 0 Å². The van der Waals surface area contributed by atoms with E-state index in [0.717, 1.165) is 34.0 Å². The van der Waals surface area contributed by atoms with Crippen LogP contribution in [-0.2, 0) is 6.42 Å². The van der Waals surface area contributed by atoms with Crippen molar-refractivity contribution in [3.63, 3.8) is 0 Å². The number of benzene rings is 2. The molecular formula is C23H28O4S. The number of aromatic hydroxyl groups is 1. The zero-order valence-electron chi connectivity index (χ0n) is 17.0. The number of carbonyl (C=O) groups excluding carboxylic acids is 1. The zero-order valence-corrected chi connectivity index (χ0v) is 17.8. The predicted molar refractivity (Wildman–Crippen MR) is 115 cm³/mol. The molecule has 150 valence electrons. The van der Waals surface area contributed by atoms with Crippen LogP contribution in [0.15, 0.2) is 47.4 Å². The highest BCUT2D eigenvalue weighted by Gasteiger charge is 2.16. The molecule has 0 aromatic heterocycles. The summed E-state index contributed by atoms with van der Waals surface area (Å²) in [6, 6.07) is 9.46. The molecule has 2 aromatic carbocycles. The van der Waals surface area contributed by atoms with Crippen molar-refractivity contribution in [3.8, 4) is 17.2 Å². The lowest BCUT2D eigenvalue weighted by Crippen LogP contribution is -2.06. The quantitative estimate of drug-likeness (QED) is 0.320. The van der Waals surface area contributed by atoms with E-state index in [-0.39, 0.29) is 11.5 Å². The Bertz CT molecular complexity index is 858. The molecule has 0 heterocycles. The molecule has 4 nitrogen and oxygen atoms in total. The van der Waals surface area contributed by atoms with Gasteiger partial charge in [0.15, 0.2) is 5.78 Å². The number of hydrogen-bond donors (Lipinski definition) is 1. The Labute approximate surface area is 171 Å². The number of methoxy groups -OCH3 is 1. The molecule has 0 bridgehead atoms. The third-order valence-corrected chi connectivity index (χ3v) is 5.50. The number of aryl methyl sites for hydroxylation is 1. The summed E-state index contributed by atoms with van der Waals surface area (Å²) in [5.74, 6) is 2.09. The SMILES string of the molecule is C=C(COc1ccc(C(C)=O)c(O)c1CCC)CSc1ccc(OC)c(C)c1. The Morgan fingerprint density at radius 2 is 1.93 bits per heavy atom. The van der Waals surface area contributed by atoms with Crippen molar-refractivity contribution < 1.29 is 19.4 Å². The van der Waals surface area contributed by atoms with Gasteiger partial charge < -0.3 is 14.6 Å². The molecule has 0 amide bonds. The fourth-order valence-corrected chi connectivity index (χ4v) is 3.75. The monoisotopic (exact) mass is 400 g/mol. The number of rotatable bonds is 10. The van der Waals surface area contributed by atoms with Crippen molar-refractivity contribution in [2.24, 2.45) is 0 Å². The fraction of sp³-hybridized carbons (Fsp3) is 0.348. The van der Waals surface area contributed by atoms with Gasteiger partial charge >= 0.3 is 0 Å². The lowest BCUT2D eigenvalue weighted by molar-refractivity contribution is 0.101. The van der Waals surface area contributed by atoms with Crippen LogP contribution in [0, 0.1) is 6.92 Å². The molecule has 28 heavy (non-hydrogen) atoms. The first kappa shape index (κ1) is 21.9. The minimum atomic E-state index is -0.156. The van der Waals surface area contributed by atoms with Crippen molar-refractivity contribution in [1.29, 1.82) is 0 Å². The molecule has 0 saturated carbocycles. The van der Waals surface area contributed by atoms with Crippen LogP contribution in [0.4, 0.5) is 0 Å². The Balaban J connectivity index is 1.99. The van der Waals surface area contributed by atoms with Gasteiger partial charge in [-0.15, -0.1) is 11.8 Å². The Hall–Kier alpha value is -2.40. The molecule has 5 heteroatoms. The van der Waals surface area contributed by atoms with Crippen LogP contribution in [0.25, 0.3) is 0 Å². The average molecular weight is 401 g/mol. The molecule has 0 aliphatic heterocycles. The third-order valence-electron chi connectivity index (χ3n) is 4.36. The normalized spacial score (nSPS) is 10.6. The highest BCUT2D eigenvalue weighted by atomic mass is 32.2. The van der Waals surface area contributed by atoms with Gasteiger partial charge in [-0.05, 0) is 61.7 Å². The van der Waals surface area contributed by atoms with Crippen molar-refractivity contribution in [2.75, 3.05) is 19.5 Å². The van der Waals surface area contributed by atoms with E-state index in [1.54, 1.807) is 31.0 Å². The molecular weight excluding hydrogens is 372 g/mol. The zero-order chi connectivity index (χ0) is 20.7. The number of carbonyl (C=O) groups is 1. The fourth-order valence-electron chi connectivity index (χ4n) is 2.88. The van der Waals surface area contributed by atoms with Crippen LogP contribution < -0.4 is 9.47 Å². The minimum absolute atomic E-state index is 0.0283. The number of ketones is 1. The molecule has 0 aliphatic rings. The standard InChI is InChI=1S/C23H28O4S/c1-6-7-20-22(11-9-19(17(4)24)23(20)25)27-13-15(2)14-28-18-8-10-21(26-5)16(3)12-18/h8-12,25H,2,6-7,13-14H2,1,3-5H3. The molecule has 0 radical (unpaired) electrons. The van der Waals surface area contributed by atoms with Gasteiger partial charge in [0.2, 0.25) is 0 Å². The van der Waals surface area contributed by atoms with Gasteiger partial charge in [-0.3, -0.25) is 4.79 Å². The minimum Gasteiger partial charge on any atom is -0.507 e. The molecule has 0 fully saturated rings. The summed E-state index contributed by atoms with van der Waals surface area (Å²) in [5, 5.41) is 10.4. The van der Waals surface area contributed by atoms with Gasteiger partial charge in [0.1, 0.15) is 23.9 Å². The maximum absolute atomic E-state index is 11.7. The van der Waals surface area contributed by atoms with Crippen molar-refractivity contribution in [3.05, 3.63) is 59.2 Å². The summed E-state index contributed by atoms with van der Waals surface area (Å²) in [6.07, 6.45) is 1.49. The summed E-state index contributed by atoms with van der Waals surface area (Å²) < 4.78 is 11.2. The number of ether oxygens (including phenoxy) is 2. The number of Topliss-reactive ketones (excluding diaryl/α,β-unsaturated/α-hetero) is 1. The Morgan fingerprint density at radius 1 is 1.21 bits per heavy atom. The summed E-state index contributed by atoms with van der Waals surface area (Å²) in [6.45, 7) is 9.95. The molecule has 0 aliphatic carbocycles. The maximum atomic E-state index is 11.7. The first-order valence-corrected chi connectivity index (χ1v) is 10.3. The summed E-state index contributed by atoms with van der Waals surface area (Å²) in [4.78, 5) is 12.8. The second kappa shape index (κ2) is 10.2. The number of thioether (sulfide) groups is 1. The van der Waals surface area contributed by atoms with E-state index >= 15 is 0 Å². The van der Waals surface area contributed by atoms with Crippen LogP contribution in [0.2, 0.25) is 0 Å². The first-order chi connectivity index (χ1) is 13.4. The van der Waals surface area contributed by atoms with E-state index in [2.05, 4.69) is 12.6 Å². The van der Waals surface area contributed by atoms with E-state index in [0.29, 0.717) is 29.9 Å². The van der Waals surface area contributed by atoms with E-state index in [1.165, 1.54) is 6.92 Å². The molecule has 0 saturated heterocycles. The van der Waals surface area contributed by atoms with Gasteiger partial charge in [0, 0.05) is 16.2 Å². The van der Waals surface area contributed by atoms with Crippen LogP contribution in [-0.4, -0.2) is 30.4 Å². The van der Waals surface area contributed by atoms with Crippen molar-refractivity contribution >= 4 is 17.5 Å². The third kappa shape index (κ3) is 5.55. The Morgan fingerprint density at radius 3 is 2.54 bits per heavy atom. The summed E-state index contributed by atoms with van der Waals surface area (Å²) in [5.41, 5.74) is 3.05. The molecule has 0 atom stereocenters. The van der Waals surface area contributed by atoms with Crippen LogP contribution in [0.1, 0.15) is 41.8 Å². The second-order valence-corrected chi connectivity index (χ2v) is 7.75. The van der Waals surface area contributed by atoms with Gasteiger partial charge in [0.25, 0.3) is 0 Å². The van der Waals surface area contributed by atoms with Crippen LogP contribution in [0.5, 0.6) is 17.2 Å². The topological polar surface area (TPSA) is 55.8 Å². The highest BCUT2D eigenvalue weighted by molar-refractivity contribution is 7.99. The summed E-state index contributed by atoms with van der Waals surface area (Å²) in [7, 11) is 1.67. The van der Waals surface area contributed by atoms with Crippen LogP contribution in [0.3, 0.4) is 0 Å². The predicted octanol–water partition coefficient (Wildman–Crippen LogP) is 5.59.